The van der Waals surface area contributed by atoms with Crippen molar-refractivity contribution in [3.8, 4) is 5.75 Å². The molecule has 0 radical (unpaired) electrons. The Morgan fingerprint density at radius 3 is 2.17 bits per heavy atom. The zero-order valence-electron chi connectivity index (χ0n) is 19.8. The second-order valence-corrected chi connectivity index (χ2v) is 12.0. The first-order valence-electron chi connectivity index (χ1n) is 10.8. The van der Waals surface area contributed by atoms with Gasteiger partial charge in [-0.15, -0.1) is 0 Å². The lowest BCUT2D eigenvalue weighted by molar-refractivity contribution is -0.114. The van der Waals surface area contributed by atoms with Crippen molar-refractivity contribution in [3.05, 3.63) is 77.8 Å². The Balaban J connectivity index is 1.96. The number of hydrogen-bond donors (Lipinski definition) is 2. The number of benzene rings is 3. The standard InChI is InChI=1S/C24H26ClN3O6S2/c1-17(2)27-35(30,31)21-13-14-23(34-3)22(15-21)26-24(29)16-28(19-11-9-18(25)10-12-19)36(32,33)20-7-5-4-6-8-20/h4-15,17,27H,16H2,1-3H3,(H,26,29). The molecular formula is C24H26ClN3O6S2. The highest BCUT2D eigenvalue weighted by molar-refractivity contribution is 7.92. The van der Waals surface area contributed by atoms with E-state index in [1.165, 1.54) is 61.7 Å². The first-order valence-corrected chi connectivity index (χ1v) is 14.1. The molecule has 1 amide bonds. The lowest BCUT2D eigenvalue weighted by atomic mass is 10.3. The number of methoxy groups -OCH3 is 1. The zero-order chi connectivity index (χ0) is 26.5. The number of nitrogens with one attached hydrogen (secondary N) is 2. The summed E-state index contributed by atoms with van der Waals surface area (Å²) in [6, 6.07) is 17.4. The molecule has 3 aromatic rings. The molecule has 2 N–H and O–H groups in total. The van der Waals surface area contributed by atoms with Gasteiger partial charge in [-0.05, 0) is 68.4 Å². The molecule has 0 spiro atoms. The third-order valence-electron chi connectivity index (χ3n) is 4.88. The highest BCUT2D eigenvalue weighted by Crippen LogP contribution is 2.29. The molecule has 192 valence electrons. The van der Waals surface area contributed by atoms with E-state index in [0.717, 1.165) is 4.31 Å². The smallest absolute Gasteiger partial charge is 0.264 e. The van der Waals surface area contributed by atoms with Crippen LogP contribution in [0.4, 0.5) is 11.4 Å². The topological polar surface area (TPSA) is 122 Å². The molecular weight excluding hydrogens is 526 g/mol. The summed E-state index contributed by atoms with van der Waals surface area (Å²) < 4.78 is 60.7. The van der Waals surface area contributed by atoms with Crippen LogP contribution in [0.1, 0.15) is 13.8 Å². The van der Waals surface area contributed by atoms with Crippen molar-refractivity contribution in [1.82, 2.24) is 4.72 Å². The average molecular weight is 552 g/mol. The monoisotopic (exact) mass is 551 g/mol. The molecule has 0 aliphatic heterocycles. The van der Waals surface area contributed by atoms with Crippen molar-refractivity contribution < 1.29 is 26.4 Å². The molecule has 3 rings (SSSR count). The first kappa shape index (κ1) is 27.5. The largest absolute Gasteiger partial charge is 0.495 e. The van der Waals surface area contributed by atoms with Crippen molar-refractivity contribution in [2.24, 2.45) is 0 Å². The minimum absolute atomic E-state index is 0.00168. The number of amides is 1. The van der Waals surface area contributed by atoms with Gasteiger partial charge in [0.15, 0.2) is 0 Å². The first-order chi connectivity index (χ1) is 16.9. The van der Waals surface area contributed by atoms with Crippen molar-refractivity contribution in [2.45, 2.75) is 29.7 Å². The van der Waals surface area contributed by atoms with E-state index in [-0.39, 0.29) is 33.0 Å². The van der Waals surface area contributed by atoms with E-state index in [2.05, 4.69) is 10.0 Å². The number of rotatable bonds is 10. The fourth-order valence-corrected chi connectivity index (χ4v) is 6.14. The van der Waals surface area contributed by atoms with E-state index in [1.807, 2.05) is 0 Å². The van der Waals surface area contributed by atoms with Gasteiger partial charge in [0.05, 0.1) is 28.3 Å². The van der Waals surface area contributed by atoms with E-state index in [4.69, 9.17) is 16.3 Å². The molecule has 9 nitrogen and oxygen atoms in total. The summed E-state index contributed by atoms with van der Waals surface area (Å²) in [5.41, 5.74) is 0.296. The summed E-state index contributed by atoms with van der Waals surface area (Å²) in [5, 5.41) is 2.98. The molecule has 0 bridgehead atoms. The Bertz CT molecular complexity index is 1430. The fourth-order valence-electron chi connectivity index (χ4n) is 3.29. The molecule has 3 aromatic carbocycles. The quantitative estimate of drug-likeness (QED) is 0.394. The normalized spacial score (nSPS) is 11.8. The van der Waals surface area contributed by atoms with Gasteiger partial charge in [0.1, 0.15) is 12.3 Å². The predicted octanol–water partition coefficient (Wildman–Crippen LogP) is 3.87. The molecule has 0 unspecified atom stereocenters. The summed E-state index contributed by atoms with van der Waals surface area (Å²) in [4.78, 5) is 13.0. The molecule has 0 fully saturated rings. The maximum absolute atomic E-state index is 13.4. The third kappa shape index (κ3) is 6.55. The van der Waals surface area contributed by atoms with Crippen molar-refractivity contribution >= 4 is 48.9 Å². The number of hydrogen-bond acceptors (Lipinski definition) is 6. The molecule has 36 heavy (non-hydrogen) atoms. The van der Waals surface area contributed by atoms with Gasteiger partial charge < -0.3 is 10.1 Å². The maximum Gasteiger partial charge on any atom is 0.264 e. The van der Waals surface area contributed by atoms with Crippen LogP contribution >= 0.6 is 11.6 Å². The minimum atomic E-state index is -4.12. The van der Waals surface area contributed by atoms with E-state index in [9.17, 15) is 21.6 Å². The lowest BCUT2D eigenvalue weighted by Gasteiger charge is -2.24. The zero-order valence-corrected chi connectivity index (χ0v) is 22.2. The van der Waals surface area contributed by atoms with Crippen LogP contribution in [0.25, 0.3) is 0 Å². The highest BCUT2D eigenvalue weighted by Gasteiger charge is 2.28. The van der Waals surface area contributed by atoms with Gasteiger partial charge in [0.2, 0.25) is 15.9 Å². The number of carbonyl (C=O) groups is 1. The van der Waals surface area contributed by atoms with E-state index in [1.54, 1.807) is 32.0 Å². The molecule has 0 saturated heterocycles. The Morgan fingerprint density at radius 2 is 1.58 bits per heavy atom. The van der Waals surface area contributed by atoms with Crippen LogP contribution in [0.2, 0.25) is 5.02 Å². The summed E-state index contributed by atoms with van der Waals surface area (Å²) in [6.45, 7) is 2.77. The molecule has 12 heteroatoms. The third-order valence-corrected chi connectivity index (χ3v) is 8.58. The second-order valence-electron chi connectivity index (χ2n) is 7.99. The Labute approximate surface area is 216 Å². The molecule has 0 atom stereocenters. The molecule has 0 aromatic heterocycles. The van der Waals surface area contributed by atoms with Gasteiger partial charge in [-0.2, -0.15) is 0 Å². The van der Waals surface area contributed by atoms with Crippen molar-refractivity contribution in [3.63, 3.8) is 0 Å². The summed E-state index contributed by atoms with van der Waals surface area (Å²) >= 11 is 5.96. The molecule has 0 aliphatic carbocycles. The highest BCUT2D eigenvalue weighted by atomic mass is 35.5. The Morgan fingerprint density at radius 1 is 0.944 bits per heavy atom. The van der Waals surface area contributed by atoms with Gasteiger partial charge in [-0.3, -0.25) is 9.10 Å². The summed E-state index contributed by atoms with van der Waals surface area (Å²) in [6.07, 6.45) is 0. The van der Waals surface area contributed by atoms with E-state index >= 15 is 0 Å². The summed E-state index contributed by atoms with van der Waals surface area (Å²) in [5.74, 6) is -0.509. The van der Waals surface area contributed by atoms with Crippen LogP contribution in [0.3, 0.4) is 0 Å². The van der Waals surface area contributed by atoms with E-state index in [0.29, 0.717) is 5.02 Å². The second kappa shape index (κ2) is 11.3. The van der Waals surface area contributed by atoms with Crippen LogP contribution in [-0.4, -0.2) is 42.4 Å². The van der Waals surface area contributed by atoms with Gasteiger partial charge in [-0.1, -0.05) is 29.8 Å². The number of sulfonamides is 2. The maximum atomic E-state index is 13.4. The van der Waals surface area contributed by atoms with Gasteiger partial charge in [0.25, 0.3) is 10.0 Å². The SMILES string of the molecule is COc1ccc(S(=O)(=O)NC(C)C)cc1NC(=O)CN(c1ccc(Cl)cc1)S(=O)(=O)c1ccccc1. The predicted molar refractivity (Wildman–Crippen MR) is 140 cm³/mol. The Hall–Kier alpha value is -3.12. The van der Waals surface area contributed by atoms with Gasteiger partial charge in [0, 0.05) is 11.1 Å². The summed E-state index contributed by atoms with van der Waals surface area (Å²) in [7, 11) is -6.60. The van der Waals surface area contributed by atoms with Crippen molar-refractivity contribution in [1.29, 1.82) is 0 Å². The van der Waals surface area contributed by atoms with E-state index < -0.39 is 32.5 Å². The number of ether oxygens (including phenoxy) is 1. The number of nitrogens with zero attached hydrogens (tertiary/aromatic N) is 1. The van der Waals surface area contributed by atoms with Crippen LogP contribution < -0.4 is 19.1 Å². The van der Waals surface area contributed by atoms with Gasteiger partial charge in [-0.25, -0.2) is 21.6 Å². The van der Waals surface area contributed by atoms with Crippen molar-refractivity contribution in [2.75, 3.05) is 23.3 Å². The molecule has 0 heterocycles. The van der Waals surface area contributed by atoms with Crippen LogP contribution in [0, 0.1) is 0 Å². The lowest BCUT2D eigenvalue weighted by Crippen LogP contribution is -2.38. The van der Waals surface area contributed by atoms with Crippen LogP contribution in [0.5, 0.6) is 5.75 Å². The number of anilines is 2. The minimum Gasteiger partial charge on any atom is -0.495 e. The van der Waals surface area contributed by atoms with Gasteiger partial charge >= 0.3 is 0 Å². The number of halogens is 1. The Kier molecular flexibility index (Phi) is 8.62. The van der Waals surface area contributed by atoms with Crippen LogP contribution in [-0.2, 0) is 24.8 Å². The molecule has 0 aliphatic rings. The average Bonchev–Trinajstić information content (AvgIpc) is 2.83. The van der Waals surface area contributed by atoms with Crippen LogP contribution in [0.15, 0.2) is 82.6 Å². The fraction of sp³-hybridized carbons (Fsp3) is 0.208. The number of carbonyl (C=O) groups excluding carboxylic acids is 1. The molecule has 0 saturated carbocycles.